The zero-order chi connectivity index (χ0) is 14.7. The summed E-state index contributed by atoms with van der Waals surface area (Å²) >= 11 is 9.05. The maximum absolute atomic E-state index is 12.4. The normalized spacial score (nSPS) is 10.9. The molecule has 1 aromatic heterocycles. The summed E-state index contributed by atoms with van der Waals surface area (Å²) in [4.78, 5) is 0. The summed E-state index contributed by atoms with van der Waals surface area (Å²) in [5.41, 5.74) is 1.13. The Kier molecular flexibility index (Phi) is 4.77. The highest BCUT2D eigenvalue weighted by atomic mass is 79.9. The molecule has 0 bridgehead atoms. The third kappa shape index (κ3) is 3.57. The van der Waals surface area contributed by atoms with Gasteiger partial charge in [-0.3, -0.25) is 4.68 Å². The minimum atomic E-state index is -2.92. The van der Waals surface area contributed by atoms with Gasteiger partial charge in [-0.2, -0.15) is 8.78 Å². The molecule has 2 aromatic rings. The molecule has 0 spiro atoms. The molecule has 0 aliphatic heterocycles. The van der Waals surface area contributed by atoms with Crippen LogP contribution in [-0.4, -0.2) is 21.6 Å². The summed E-state index contributed by atoms with van der Waals surface area (Å²) in [6, 6.07) is 2.99. The van der Waals surface area contributed by atoms with Crippen LogP contribution in [0.3, 0.4) is 0 Å². The fourth-order valence-electron chi connectivity index (χ4n) is 1.56. The monoisotopic (exact) mass is 366 g/mol. The fraction of sp³-hybridized carbons (Fsp3) is 0.273. The zero-order valence-corrected chi connectivity index (χ0v) is 12.6. The van der Waals surface area contributed by atoms with Crippen molar-refractivity contribution in [3.63, 3.8) is 0 Å². The SMILES string of the molecule is Cn1nncc1CNc1cc(Cl)cc(Br)c1OC(F)F. The van der Waals surface area contributed by atoms with Crippen LogP contribution in [0, 0.1) is 0 Å². The van der Waals surface area contributed by atoms with E-state index in [2.05, 4.69) is 36.3 Å². The molecule has 1 N–H and O–H groups in total. The molecule has 108 valence electrons. The van der Waals surface area contributed by atoms with Crippen LogP contribution in [0.5, 0.6) is 5.75 Å². The molecule has 0 radical (unpaired) electrons. The van der Waals surface area contributed by atoms with Gasteiger partial charge in [0.05, 0.1) is 28.6 Å². The first kappa shape index (κ1) is 15.0. The van der Waals surface area contributed by atoms with E-state index >= 15 is 0 Å². The van der Waals surface area contributed by atoms with Crippen molar-refractivity contribution in [3.8, 4) is 5.75 Å². The summed E-state index contributed by atoms with van der Waals surface area (Å²) in [7, 11) is 1.73. The van der Waals surface area contributed by atoms with E-state index in [0.29, 0.717) is 21.7 Å². The Labute approximate surface area is 127 Å². The number of alkyl halides is 2. The van der Waals surface area contributed by atoms with Crippen molar-refractivity contribution >= 4 is 33.2 Å². The summed E-state index contributed by atoms with van der Waals surface area (Å²) in [5, 5.41) is 10.9. The Balaban J connectivity index is 2.23. The van der Waals surface area contributed by atoms with Gasteiger partial charge in [0.15, 0.2) is 5.75 Å². The molecular weight excluding hydrogens is 358 g/mol. The molecule has 0 saturated heterocycles. The summed E-state index contributed by atoms with van der Waals surface area (Å²) < 4.78 is 31.3. The molecule has 0 saturated carbocycles. The van der Waals surface area contributed by atoms with Gasteiger partial charge >= 0.3 is 6.61 Å². The highest BCUT2D eigenvalue weighted by molar-refractivity contribution is 9.10. The highest BCUT2D eigenvalue weighted by Gasteiger charge is 2.15. The first-order chi connectivity index (χ1) is 9.47. The summed E-state index contributed by atoms with van der Waals surface area (Å²) in [6.45, 7) is -2.58. The molecule has 0 aliphatic carbocycles. The molecule has 2 rings (SSSR count). The second kappa shape index (κ2) is 6.36. The largest absolute Gasteiger partial charge is 0.431 e. The van der Waals surface area contributed by atoms with Crippen LogP contribution in [0.2, 0.25) is 5.02 Å². The average molecular weight is 368 g/mol. The lowest BCUT2D eigenvalue weighted by Gasteiger charge is -2.14. The predicted octanol–water partition coefficient (Wildman–Crippen LogP) is 3.44. The van der Waals surface area contributed by atoms with Crippen molar-refractivity contribution in [2.75, 3.05) is 5.32 Å². The van der Waals surface area contributed by atoms with Crippen LogP contribution in [-0.2, 0) is 13.6 Å². The number of hydrogen-bond donors (Lipinski definition) is 1. The van der Waals surface area contributed by atoms with Crippen molar-refractivity contribution in [2.45, 2.75) is 13.2 Å². The number of hydrogen-bond acceptors (Lipinski definition) is 4. The highest BCUT2D eigenvalue weighted by Crippen LogP contribution is 2.37. The smallest absolute Gasteiger partial charge is 0.387 e. The van der Waals surface area contributed by atoms with Gasteiger partial charge in [-0.25, -0.2) is 0 Å². The van der Waals surface area contributed by atoms with E-state index in [0.717, 1.165) is 5.69 Å². The van der Waals surface area contributed by atoms with Crippen LogP contribution >= 0.6 is 27.5 Å². The number of aryl methyl sites for hydroxylation is 1. The van der Waals surface area contributed by atoms with Crippen molar-refractivity contribution in [1.82, 2.24) is 15.0 Å². The van der Waals surface area contributed by atoms with Crippen LogP contribution in [0.15, 0.2) is 22.8 Å². The number of halogens is 4. The van der Waals surface area contributed by atoms with Crippen LogP contribution in [0.4, 0.5) is 14.5 Å². The first-order valence-corrected chi connectivity index (χ1v) is 6.65. The Morgan fingerprint density at radius 2 is 2.25 bits per heavy atom. The lowest BCUT2D eigenvalue weighted by atomic mass is 10.3. The van der Waals surface area contributed by atoms with Crippen molar-refractivity contribution in [3.05, 3.63) is 33.5 Å². The number of rotatable bonds is 5. The Morgan fingerprint density at radius 1 is 1.50 bits per heavy atom. The number of nitrogens with one attached hydrogen (secondary N) is 1. The molecule has 0 aliphatic rings. The van der Waals surface area contributed by atoms with E-state index in [1.165, 1.54) is 12.1 Å². The molecule has 0 unspecified atom stereocenters. The number of nitrogens with zero attached hydrogens (tertiary/aromatic N) is 3. The van der Waals surface area contributed by atoms with E-state index in [1.54, 1.807) is 17.9 Å². The number of aromatic nitrogens is 3. The van der Waals surface area contributed by atoms with Crippen LogP contribution in [0.1, 0.15) is 5.69 Å². The molecule has 1 aromatic carbocycles. The number of benzene rings is 1. The molecule has 20 heavy (non-hydrogen) atoms. The topological polar surface area (TPSA) is 52.0 Å². The molecule has 0 amide bonds. The standard InChI is InChI=1S/C11H10BrClF2N4O/c1-19-7(5-17-18-19)4-16-9-3-6(13)2-8(12)10(9)20-11(14)15/h2-3,5,11,16H,4H2,1H3. The first-order valence-electron chi connectivity index (χ1n) is 5.48. The molecule has 0 fully saturated rings. The predicted molar refractivity (Wildman–Crippen MR) is 74.1 cm³/mol. The van der Waals surface area contributed by atoms with Gasteiger partial charge in [0.1, 0.15) is 0 Å². The van der Waals surface area contributed by atoms with Gasteiger partial charge in [0, 0.05) is 12.1 Å². The van der Waals surface area contributed by atoms with Crippen molar-refractivity contribution in [2.24, 2.45) is 7.05 Å². The van der Waals surface area contributed by atoms with Crippen molar-refractivity contribution < 1.29 is 13.5 Å². The van der Waals surface area contributed by atoms with Gasteiger partial charge in [0.2, 0.25) is 0 Å². The molecule has 1 heterocycles. The summed E-state index contributed by atoms with van der Waals surface area (Å²) in [5.74, 6) is -0.000437. The van der Waals surface area contributed by atoms with E-state index in [1.807, 2.05) is 0 Å². The third-order valence-corrected chi connectivity index (χ3v) is 3.29. The zero-order valence-electron chi connectivity index (χ0n) is 10.3. The molecule has 5 nitrogen and oxygen atoms in total. The number of anilines is 1. The maximum Gasteiger partial charge on any atom is 0.387 e. The quantitative estimate of drug-likeness (QED) is 0.879. The second-order valence-electron chi connectivity index (χ2n) is 3.85. The molecule has 9 heteroatoms. The van der Waals surface area contributed by atoms with E-state index in [9.17, 15) is 8.78 Å². The lowest BCUT2D eigenvalue weighted by Crippen LogP contribution is -2.09. The lowest BCUT2D eigenvalue weighted by molar-refractivity contribution is -0.0498. The van der Waals surface area contributed by atoms with Crippen molar-refractivity contribution in [1.29, 1.82) is 0 Å². The van der Waals surface area contributed by atoms with Crippen LogP contribution < -0.4 is 10.1 Å². The maximum atomic E-state index is 12.4. The number of ether oxygens (including phenoxy) is 1. The van der Waals surface area contributed by atoms with E-state index in [4.69, 9.17) is 11.6 Å². The third-order valence-electron chi connectivity index (χ3n) is 2.48. The Bertz CT molecular complexity index is 608. The average Bonchev–Trinajstić information content (AvgIpc) is 2.76. The van der Waals surface area contributed by atoms with E-state index < -0.39 is 6.61 Å². The minimum absolute atomic E-state index is 0.000437. The summed E-state index contributed by atoms with van der Waals surface area (Å²) in [6.07, 6.45) is 1.57. The van der Waals surface area contributed by atoms with Crippen LogP contribution in [0.25, 0.3) is 0 Å². The van der Waals surface area contributed by atoms with Gasteiger partial charge in [-0.1, -0.05) is 16.8 Å². The molecule has 0 atom stereocenters. The molecular formula is C11H10BrClF2N4O. The van der Waals surface area contributed by atoms with Gasteiger partial charge in [0.25, 0.3) is 0 Å². The second-order valence-corrected chi connectivity index (χ2v) is 5.14. The van der Waals surface area contributed by atoms with Gasteiger partial charge < -0.3 is 10.1 Å². The fourth-order valence-corrected chi connectivity index (χ4v) is 2.46. The Morgan fingerprint density at radius 3 is 2.85 bits per heavy atom. The Hall–Kier alpha value is -1.41. The minimum Gasteiger partial charge on any atom is -0.431 e. The van der Waals surface area contributed by atoms with E-state index in [-0.39, 0.29) is 5.75 Å². The van der Waals surface area contributed by atoms with Gasteiger partial charge in [-0.05, 0) is 28.1 Å². The van der Waals surface area contributed by atoms with Gasteiger partial charge in [-0.15, -0.1) is 5.10 Å².